The van der Waals surface area contributed by atoms with E-state index in [4.69, 9.17) is 58.0 Å². The van der Waals surface area contributed by atoms with Crippen molar-refractivity contribution in [2.24, 2.45) is 11.8 Å². The van der Waals surface area contributed by atoms with Crippen molar-refractivity contribution in [2.45, 2.75) is 23.1 Å². The highest BCUT2D eigenvalue weighted by Gasteiger charge is 2.67. The van der Waals surface area contributed by atoms with Gasteiger partial charge in [-0.1, -0.05) is 34.8 Å². The van der Waals surface area contributed by atoms with E-state index >= 15 is 0 Å². The number of anilines is 3. The molecule has 0 aliphatic heterocycles. The quantitative estimate of drug-likeness (QED) is 0.239. The molecule has 5 rings (SSSR count). The first kappa shape index (κ1) is 27.1. The third kappa shape index (κ3) is 5.90. The first-order chi connectivity index (χ1) is 18.0. The van der Waals surface area contributed by atoms with Crippen molar-refractivity contribution in [3.05, 3.63) is 86.9 Å². The fourth-order valence-corrected chi connectivity index (χ4v) is 5.82. The summed E-state index contributed by atoms with van der Waals surface area (Å²) in [4.78, 5) is 37.9. The molecule has 38 heavy (non-hydrogen) atoms. The minimum atomic E-state index is -1.34. The van der Waals surface area contributed by atoms with E-state index in [0.717, 1.165) is 12.8 Å². The summed E-state index contributed by atoms with van der Waals surface area (Å²) < 4.78 is -1.34. The molecule has 0 saturated heterocycles. The molecule has 3 N–H and O–H groups in total. The van der Waals surface area contributed by atoms with Gasteiger partial charge in [-0.15, -0.1) is 23.2 Å². The molecule has 2 aliphatic carbocycles. The van der Waals surface area contributed by atoms with E-state index in [2.05, 4.69) is 16.0 Å². The zero-order valence-corrected chi connectivity index (χ0v) is 23.3. The summed E-state index contributed by atoms with van der Waals surface area (Å²) in [6, 6.07) is 16.2. The van der Waals surface area contributed by atoms with Crippen LogP contribution in [-0.4, -0.2) is 22.1 Å². The molecular weight excluding hydrogens is 592 g/mol. The third-order valence-corrected chi connectivity index (χ3v) is 8.12. The molecular formula is C27H20Cl5N3O3. The highest BCUT2D eigenvalue weighted by molar-refractivity contribution is 6.53. The molecule has 0 heterocycles. The lowest BCUT2D eigenvalue weighted by atomic mass is 10.1. The molecule has 0 spiro atoms. The predicted molar refractivity (Wildman–Crippen MR) is 153 cm³/mol. The van der Waals surface area contributed by atoms with Crippen LogP contribution < -0.4 is 16.0 Å². The fraction of sp³-hybridized carbons (Fsp3) is 0.222. The van der Waals surface area contributed by atoms with Crippen LogP contribution in [0.4, 0.5) is 17.1 Å². The number of halogens is 5. The number of amides is 3. The van der Waals surface area contributed by atoms with Crippen molar-refractivity contribution in [1.29, 1.82) is 0 Å². The van der Waals surface area contributed by atoms with Gasteiger partial charge in [-0.3, -0.25) is 14.4 Å². The van der Waals surface area contributed by atoms with E-state index in [1.54, 1.807) is 48.5 Å². The zero-order chi connectivity index (χ0) is 27.2. The molecule has 2 atom stereocenters. The summed E-state index contributed by atoms with van der Waals surface area (Å²) in [5, 5.41) is 9.40. The largest absolute Gasteiger partial charge is 0.326 e. The molecule has 0 radical (unpaired) electrons. The summed E-state index contributed by atoms with van der Waals surface area (Å²) in [7, 11) is 0. The van der Waals surface area contributed by atoms with Crippen molar-refractivity contribution in [2.75, 3.05) is 16.0 Å². The van der Waals surface area contributed by atoms with Crippen LogP contribution in [0.3, 0.4) is 0 Å². The van der Waals surface area contributed by atoms with E-state index in [0.29, 0.717) is 32.7 Å². The maximum Gasteiger partial charge on any atom is 0.257 e. The van der Waals surface area contributed by atoms with Gasteiger partial charge in [0, 0.05) is 38.9 Å². The molecule has 2 aliphatic rings. The van der Waals surface area contributed by atoms with Gasteiger partial charge in [0.15, 0.2) is 0 Å². The molecule has 2 saturated carbocycles. The van der Waals surface area contributed by atoms with E-state index in [-0.39, 0.29) is 22.4 Å². The maximum absolute atomic E-state index is 13.0. The van der Waals surface area contributed by atoms with Gasteiger partial charge in [0.05, 0.1) is 16.5 Å². The van der Waals surface area contributed by atoms with Gasteiger partial charge < -0.3 is 16.0 Å². The Morgan fingerprint density at radius 1 is 0.711 bits per heavy atom. The minimum Gasteiger partial charge on any atom is -0.326 e. The van der Waals surface area contributed by atoms with Crippen LogP contribution in [0, 0.1) is 11.8 Å². The summed E-state index contributed by atoms with van der Waals surface area (Å²) in [5.41, 5.74) is 2.33. The van der Waals surface area contributed by atoms with Crippen molar-refractivity contribution >= 4 is 92.8 Å². The van der Waals surface area contributed by atoms with E-state index in [9.17, 15) is 14.4 Å². The van der Waals surface area contributed by atoms with Crippen LogP contribution in [0.5, 0.6) is 0 Å². The van der Waals surface area contributed by atoms with Crippen LogP contribution in [0.1, 0.15) is 34.7 Å². The van der Waals surface area contributed by atoms with Crippen LogP contribution in [-0.2, 0) is 9.59 Å². The Morgan fingerprint density at radius 3 is 1.87 bits per heavy atom. The molecule has 196 valence electrons. The Kier molecular flexibility index (Phi) is 7.55. The Labute approximate surface area is 243 Å². The number of carbonyl (C=O) groups excluding carboxylic acids is 3. The lowest BCUT2D eigenvalue weighted by Gasteiger charge is -2.11. The Morgan fingerprint density at radius 2 is 1.26 bits per heavy atom. The van der Waals surface area contributed by atoms with Gasteiger partial charge in [-0.25, -0.2) is 0 Å². The molecule has 3 amide bonds. The molecule has 6 nitrogen and oxygen atoms in total. The average Bonchev–Trinajstić information content (AvgIpc) is 3.76. The second-order valence-corrected chi connectivity index (χ2v) is 12.0. The molecule has 2 fully saturated rings. The third-order valence-electron chi connectivity index (χ3n) is 6.42. The second kappa shape index (κ2) is 10.6. The van der Waals surface area contributed by atoms with Crippen molar-refractivity contribution in [1.82, 2.24) is 0 Å². The highest BCUT2D eigenvalue weighted by Crippen LogP contribution is 2.65. The highest BCUT2D eigenvalue weighted by atomic mass is 35.5. The van der Waals surface area contributed by atoms with Crippen molar-refractivity contribution < 1.29 is 14.4 Å². The lowest BCUT2D eigenvalue weighted by Crippen LogP contribution is -2.18. The smallest absolute Gasteiger partial charge is 0.257 e. The van der Waals surface area contributed by atoms with Gasteiger partial charge in [-0.05, 0) is 79.1 Å². The molecule has 3 aromatic carbocycles. The second-order valence-electron chi connectivity index (χ2n) is 9.31. The van der Waals surface area contributed by atoms with E-state index in [1.165, 1.54) is 12.1 Å². The standard InChI is InChI=1S/C27H20Cl5N3O3/c28-15-9-14(10-16(29)11-15)22-23(27(22,31)32)26(38)35-19-7-8-21(30)20(12-19)25(37)34-18-5-3-17(4-6-18)33-24(36)13-1-2-13/h3-13,22-23H,1-2H2,(H,33,36)(H,34,37)(H,35,38)/t22-,23+/m1/s1. The summed E-state index contributed by atoms with van der Waals surface area (Å²) in [6.45, 7) is 0. The van der Waals surface area contributed by atoms with Gasteiger partial charge in [0.2, 0.25) is 11.8 Å². The molecule has 0 unspecified atom stereocenters. The number of hydrogen-bond acceptors (Lipinski definition) is 3. The minimum absolute atomic E-state index is 0.00175. The number of nitrogens with one attached hydrogen (secondary N) is 3. The topological polar surface area (TPSA) is 87.3 Å². The van der Waals surface area contributed by atoms with E-state index < -0.39 is 28.0 Å². The van der Waals surface area contributed by atoms with Crippen LogP contribution in [0.15, 0.2) is 60.7 Å². The number of rotatable bonds is 7. The fourth-order valence-electron chi connectivity index (χ4n) is 4.24. The van der Waals surface area contributed by atoms with Gasteiger partial charge in [0.25, 0.3) is 5.91 Å². The first-order valence-corrected chi connectivity index (χ1v) is 13.6. The normalized spacial score (nSPS) is 19.4. The van der Waals surface area contributed by atoms with Crippen LogP contribution >= 0.6 is 58.0 Å². The van der Waals surface area contributed by atoms with Crippen molar-refractivity contribution in [3.63, 3.8) is 0 Å². The molecule has 3 aromatic rings. The van der Waals surface area contributed by atoms with Crippen LogP contribution in [0.25, 0.3) is 0 Å². The number of carbonyl (C=O) groups is 3. The summed E-state index contributed by atoms with van der Waals surface area (Å²) >= 11 is 31.3. The first-order valence-electron chi connectivity index (χ1n) is 11.7. The SMILES string of the molecule is O=C(Nc1ccc(NC(=O)C2CC2)cc1)c1cc(NC(=O)[C@@H]2[C@@H](c3cc(Cl)cc(Cl)c3)C2(Cl)Cl)ccc1Cl. The van der Waals surface area contributed by atoms with E-state index in [1.807, 2.05) is 0 Å². The maximum atomic E-state index is 13.0. The predicted octanol–water partition coefficient (Wildman–Crippen LogP) is 7.77. The number of alkyl halides is 2. The Hall–Kier alpha value is -2.48. The monoisotopic (exact) mass is 609 g/mol. The number of hydrogen-bond donors (Lipinski definition) is 3. The van der Waals surface area contributed by atoms with Gasteiger partial charge in [-0.2, -0.15) is 0 Å². The summed E-state index contributed by atoms with van der Waals surface area (Å²) in [5.74, 6) is -2.06. The van der Waals surface area contributed by atoms with Gasteiger partial charge in [0.1, 0.15) is 4.33 Å². The van der Waals surface area contributed by atoms with Gasteiger partial charge >= 0.3 is 0 Å². The summed E-state index contributed by atoms with van der Waals surface area (Å²) in [6.07, 6.45) is 1.83. The molecule has 0 bridgehead atoms. The average molecular weight is 612 g/mol. The molecule has 0 aromatic heterocycles. The van der Waals surface area contributed by atoms with Crippen molar-refractivity contribution in [3.8, 4) is 0 Å². The Balaban J connectivity index is 1.25. The zero-order valence-electron chi connectivity index (χ0n) is 19.5. The molecule has 11 heteroatoms. The van der Waals surface area contributed by atoms with Crippen LogP contribution in [0.2, 0.25) is 15.1 Å². The Bertz CT molecular complexity index is 1420. The lowest BCUT2D eigenvalue weighted by molar-refractivity contribution is -0.118. The number of benzene rings is 3.